The highest BCUT2D eigenvalue weighted by atomic mass is 35.5. The van der Waals surface area contributed by atoms with Crippen LogP contribution in [0.4, 0.5) is 5.69 Å². The number of aryl methyl sites for hydroxylation is 1. The topological polar surface area (TPSA) is 35.6 Å². The molecule has 3 rings (SSSR count). The number of nitrogens with one attached hydrogen (secondary N) is 1. The Kier molecular flexibility index (Phi) is 8.34. The summed E-state index contributed by atoms with van der Waals surface area (Å²) < 4.78 is 0. The Morgan fingerprint density at radius 3 is 2.42 bits per heavy atom. The zero-order valence-corrected chi connectivity index (χ0v) is 16.2. The summed E-state index contributed by atoms with van der Waals surface area (Å²) in [6.07, 6.45) is 1.97. The number of nitrogens with zero attached hydrogens (tertiary/aromatic N) is 2. The third kappa shape index (κ3) is 4.78. The monoisotopic (exact) mass is 373 g/mol. The Hall–Kier alpha value is -0.970. The van der Waals surface area contributed by atoms with E-state index in [1.165, 1.54) is 11.3 Å². The maximum absolute atomic E-state index is 12.7. The van der Waals surface area contributed by atoms with E-state index in [0.29, 0.717) is 11.9 Å². The highest BCUT2D eigenvalue weighted by Crippen LogP contribution is 2.23. The van der Waals surface area contributed by atoms with Gasteiger partial charge in [-0.2, -0.15) is 0 Å². The van der Waals surface area contributed by atoms with Gasteiger partial charge in [-0.05, 0) is 44.9 Å². The van der Waals surface area contributed by atoms with Gasteiger partial charge in [0.25, 0.3) is 0 Å². The zero-order valence-electron chi connectivity index (χ0n) is 14.5. The summed E-state index contributed by atoms with van der Waals surface area (Å²) in [7, 11) is 0. The van der Waals surface area contributed by atoms with Crippen LogP contribution in [0.5, 0.6) is 0 Å². The van der Waals surface area contributed by atoms with Crippen molar-refractivity contribution in [3.05, 3.63) is 29.8 Å². The lowest BCUT2D eigenvalue weighted by Crippen LogP contribution is -2.52. The average Bonchev–Trinajstić information content (AvgIpc) is 2.55. The lowest BCUT2D eigenvalue weighted by Gasteiger charge is -2.39. The average molecular weight is 374 g/mol. The summed E-state index contributed by atoms with van der Waals surface area (Å²) in [5.41, 5.74) is 2.62. The third-order valence-electron chi connectivity index (χ3n) is 5.02. The lowest BCUT2D eigenvalue weighted by atomic mass is 9.92. The molecule has 0 aliphatic carbocycles. The Morgan fingerprint density at radius 2 is 1.79 bits per heavy atom. The van der Waals surface area contributed by atoms with E-state index in [0.717, 1.165) is 45.6 Å². The van der Waals surface area contributed by atoms with Crippen LogP contribution in [0.2, 0.25) is 0 Å². The standard InChI is InChI=1S/C18H27N3O.2ClH/c1-14-5-3-4-6-17(14)20-9-11-21(12-10-20)18(22)16-7-8-19-15(2)13-16;;/h3-6,15-16,19H,7-13H2,1-2H3;2*1H/t15-,16-;;/m0../s1. The van der Waals surface area contributed by atoms with Crippen LogP contribution in [0.25, 0.3) is 0 Å². The smallest absolute Gasteiger partial charge is 0.225 e. The fourth-order valence-electron chi connectivity index (χ4n) is 3.70. The van der Waals surface area contributed by atoms with Crippen LogP contribution in [0.1, 0.15) is 25.3 Å². The molecule has 2 aliphatic heterocycles. The molecule has 2 heterocycles. The fraction of sp³-hybridized carbons (Fsp3) is 0.611. The van der Waals surface area contributed by atoms with E-state index in [4.69, 9.17) is 0 Å². The Morgan fingerprint density at radius 1 is 1.12 bits per heavy atom. The van der Waals surface area contributed by atoms with Crippen molar-refractivity contribution in [3.63, 3.8) is 0 Å². The van der Waals surface area contributed by atoms with Crippen LogP contribution < -0.4 is 10.2 Å². The van der Waals surface area contributed by atoms with Crippen molar-refractivity contribution in [1.82, 2.24) is 10.2 Å². The van der Waals surface area contributed by atoms with E-state index in [9.17, 15) is 4.79 Å². The molecule has 2 atom stereocenters. The number of hydrogen-bond donors (Lipinski definition) is 1. The summed E-state index contributed by atoms with van der Waals surface area (Å²) >= 11 is 0. The van der Waals surface area contributed by atoms with Crippen LogP contribution in [0.3, 0.4) is 0 Å². The molecule has 0 radical (unpaired) electrons. The van der Waals surface area contributed by atoms with Gasteiger partial charge < -0.3 is 15.1 Å². The molecule has 4 nitrogen and oxygen atoms in total. The Bertz CT molecular complexity index is 533. The number of piperazine rings is 1. The molecule has 1 N–H and O–H groups in total. The maximum Gasteiger partial charge on any atom is 0.225 e. The van der Waals surface area contributed by atoms with Gasteiger partial charge in [-0.1, -0.05) is 18.2 Å². The van der Waals surface area contributed by atoms with Gasteiger partial charge in [0.15, 0.2) is 0 Å². The molecule has 24 heavy (non-hydrogen) atoms. The summed E-state index contributed by atoms with van der Waals surface area (Å²) in [5, 5.41) is 3.43. The number of halogens is 2. The number of rotatable bonds is 2. The number of anilines is 1. The van der Waals surface area contributed by atoms with Crippen LogP contribution in [-0.2, 0) is 4.79 Å². The van der Waals surface area contributed by atoms with Crippen molar-refractivity contribution in [2.75, 3.05) is 37.6 Å². The van der Waals surface area contributed by atoms with Crippen molar-refractivity contribution in [2.45, 2.75) is 32.7 Å². The number of benzene rings is 1. The minimum atomic E-state index is 0. The lowest BCUT2D eigenvalue weighted by molar-refractivity contribution is -0.137. The maximum atomic E-state index is 12.7. The van der Waals surface area contributed by atoms with Crippen molar-refractivity contribution in [3.8, 4) is 0 Å². The minimum absolute atomic E-state index is 0. The van der Waals surface area contributed by atoms with E-state index >= 15 is 0 Å². The van der Waals surface area contributed by atoms with E-state index in [1.54, 1.807) is 0 Å². The van der Waals surface area contributed by atoms with Gasteiger partial charge in [-0.25, -0.2) is 0 Å². The van der Waals surface area contributed by atoms with Crippen LogP contribution in [0, 0.1) is 12.8 Å². The second-order valence-electron chi connectivity index (χ2n) is 6.68. The molecule has 1 amide bonds. The number of para-hydroxylation sites is 1. The second kappa shape index (κ2) is 9.50. The predicted molar refractivity (Wildman–Crippen MR) is 105 cm³/mol. The highest BCUT2D eigenvalue weighted by molar-refractivity contribution is 5.85. The van der Waals surface area contributed by atoms with Crippen LogP contribution in [0.15, 0.2) is 24.3 Å². The van der Waals surface area contributed by atoms with Gasteiger partial charge in [0.05, 0.1) is 0 Å². The number of carbonyl (C=O) groups excluding carboxylic acids is 1. The molecule has 136 valence electrons. The van der Waals surface area contributed by atoms with Crippen LogP contribution >= 0.6 is 24.8 Å². The van der Waals surface area contributed by atoms with Crippen LogP contribution in [-0.4, -0.2) is 49.6 Å². The van der Waals surface area contributed by atoms with Gasteiger partial charge in [-0.3, -0.25) is 4.79 Å². The molecule has 0 saturated carbocycles. The van der Waals surface area contributed by atoms with Gasteiger partial charge in [0.2, 0.25) is 5.91 Å². The molecule has 2 aliphatic rings. The van der Waals surface area contributed by atoms with Gasteiger partial charge in [0.1, 0.15) is 0 Å². The molecule has 2 saturated heterocycles. The highest BCUT2D eigenvalue weighted by Gasteiger charge is 2.30. The molecule has 6 heteroatoms. The number of piperidine rings is 1. The molecule has 1 aromatic rings. The minimum Gasteiger partial charge on any atom is -0.368 e. The van der Waals surface area contributed by atoms with Gasteiger partial charge in [-0.15, -0.1) is 24.8 Å². The first-order valence-electron chi connectivity index (χ1n) is 8.48. The van der Waals surface area contributed by atoms with E-state index < -0.39 is 0 Å². The second-order valence-corrected chi connectivity index (χ2v) is 6.68. The number of hydrogen-bond acceptors (Lipinski definition) is 3. The number of amides is 1. The first-order valence-corrected chi connectivity index (χ1v) is 8.48. The van der Waals surface area contributed by atoms with Crippen molar-refractivity contribution < 1.29 is 4.79 Å². The van der Waals surface area contributed by atoms with E-state index in [-0.39, 0.29) is 30.7 Å². The Labute approximate surface area is 157 Å². The molecule has 0 aromatic heterocycles. The van der Waals surface area contributed by atoms with Crippen molar-refractivity contribution >= 4 is 36.4 Å². The van der Waals surface area contributed by atoms with Gasteiger partial charge in [0, 0.05) is 43.8 Å². The summed E-state index contributed by atoms with van der Waals surface area (Å²) in [4.78, 5) is 17.2. The first-order chi connectivity index (χ1) is 10.6. The molecule has 0 bridgehead atoms. The Balaban J connectivity index is 0.00000144. The fourth-order valence-corrected chi connectivity index (χ4v) is 3.70. The van der Waals surface area contributed by atoms with Gasteiger partial charge >= 0.3 is 0 Å². The van der Waals surface area contributed by atoms with E-state index in [1.807, 2.05) is 0 Å². The first kappa shape index (κ1) is 21.1. The normalized spacial score (nSPS) is 23.9. The summed E-state index contributed by atoms with van der Waals surface area (Å²) in [5.74, 6) is 0.596. The van der Waals surface area contributed by atoms with Crippen molar-refractivity contribution in [1.29, 1.82) is 0 Å². The molecule has 0 spiro atoms. The molecular formula is C18H29Cl2N3O. The SMILES string of the molecule is Cc1ccccc1N1CCN(C(=O)[C@H]2CCN[C@@H](C)C2)CC1.Cl.Cl. The number of carbonyl (C=O) groups is 1. The molecule has 1 aromatic carbocycles. The summed E-state index contributed by atoms with van der Waals surface area (Å²) in [6, 6.07) is 8.98. The predicted octanol–water partition coefficient (Wildman–Crippen LogP) is 2.88. The molecule has 0 unspecified atom stereocenters. The molecular weight excluding hydrogens is 345 g/mol. The largest absolute Gasteiger partial charge is 0.368 e. The summed E-state index contributed by atoms with van der Waals surface area (Å²) in [6.45, 7) is 8.89. The van der Waals surface area contributed by atoms with Crippen molar-refractivity contribution in [2.24, 2.45) is 5.92 Å². The zero-order chi connectivity index (χ0) is 15.5. The third-order valence-corrected chi connectivity index (χ3v) is 5.02. The quantitative estimate of drug-likeness (QED) is 0.865. The molecule has 2 fully saturated rings. The van der Waals surface area contributed by atoms with E-state index in [2.05, 4.69) is 53.2 Å².